The van der Waals surface area contributed by atoms with Crippen molar-refractivity contribution in [2.75, 3.05) is 0 Å². The molecule has 0 spiro atoms. The van der Waals surface area contributed by atoms with Crippen molar-refractivity contribution in [1.29, 1.82) is 0 Å². The van der Waals surface area contributed by atoms with Crippen molar-refractivity contribution < 1.29 is 62.7 Å². The summed E-state index contributed by atoms with van der Waals surface area (Å²) in [7, 11) is 0. The molecule has 0 fully saturated rings. The van der Waals surface area contributed by atoms with Gasteiger partial charge in [-0.25, -0.2) is 0 Å². The molecule has 0 bridgehead atoms. The summed E-state index contributed by atoms with van der Waals surface area (Å²) in [5.74, 6) is -15.5. The van der Waals surface area contributed by atoms with Crippen LogP contribution in [-0.4, -0.2) is 39.2 Å². The van der Waals surface area contributed by atoms with Crippen LogP contribution in [0.25, 0.3) is 0 Å². The van der Waals surface area contributed by atoms with Crippen LogP contribution < -0.4 is 0 Å². The largest absolute Gasteiger partial charge is 0.460 e. The molecule has 20 heavy (non-hydrogen) atoms. The Kier molecular flexibility index (Phi) is 6.73. The minimum atomic E-state index is -6.53. The van der Waals surface area contributed by atoms with E-state index in [1.807, 2.05) is 0 Å². The molecule has 0 atom stereocenters. The maximum Gasteiger partial charge on any atom is 0.460 e. The number of hydrogen-bond acceptors (Lipinski definition) is 0. The molecule has 0 aromatic carbocycles. The molecule has 0 aliphatic rings. The second-order valence-corrected chi connectivity index (χ2v) is 4.97. The molecule has 2 nitrogen and oxygen atoms in total. The molecule has 0 aliphatic carbocycles. The molecule has 10 heteroatoms. The van der Waals surface area contributed by atoms with E-state index in [0.717, 1.165) is 0 Å². The standard InChI is InChI=1S/C10H11F7O2.Ag/c1-7(2,3)5(18)4-6(19)8(11,12)9(13,14)10(15,16)17;/h4H2,1-3H3;/p+2. The van der Waals surface area contributed by atoms with Crippen molar-refractivity contribution in [2.45, 2.75) is 45.2 Å². The van der Waals surface area contributed by atoms with Crippen LogP contribution in [-0.2, 0) is 22.4 Å². The number of carbonyl (C=O) groups excluding carboxylic acids is 2. The van der Waals surface area contributed by atoms with Gasteiger partial charge in [0.2, 0.25) is 0 Å². The average molecular weight is 406 g/mol. The predicted molar refractivity (Wildman–Crippen MR) is 53.9 cm³/mol. The average Bonchev–Trinajstić information content (AvgIpc) is 2.13. The summed E-state index contributed by atoms with van der Waals surface area (Å²) < 4.78 is 86.5. The minimum absolute atomic E-state index is 0. The van der Waals surface area contributed by atoms with Gasteiger partial charge in [-0.05, 0) is 20.8 Å². The van der Waals surface area contributed by atoms with Crippen LogP contribution >= 0.6 is 0 Å². The minimum Gasteiger partial charge on any atom is -0.282 e. The van der Waals surface area contributed by atoms with Gasteiger partial charge in [0.1, 0.15) is 0 Å². The zero-order valence-corrected chi connectivity index (χ0v) is 12.0. The smallest absolute Gasteiger partial charge is 0.282 e. The van der Waals surface area contributed by atoms with E-state index in [2.05, 4.69) is 0 Å². The Bertz CT molecular complexity index is 382. The van der Waals surface area contributed by atoms with Gasteiger partial charge in [-0.3, -0.25) is 9.59 Å². The van der Waals surface area contributed by atoms with Crippen molar-refractivity contribution in [3.63, 3.8) is 0 Å². The first-order valence-corrected chi connectivity index (χ1v) is 4.98. The van der Waals surface area contributed by atoms with E-state index in [-0.39, 0.29) is 22.4 Å². The van der Waals surface area contributed by atoms with Crippen molar-refractivity contribution in [3.8, 4) is 0 Å². The van der Waals surface area contributed by atoms with E-state index in [1.165, 1.54) is 20.8 Å². The second kappa shape index (κ2) is 6.15. The van der Waals surface area contributed by atoms with Gasteiger partial charge in [0, 0.05) is 22.4 Å². The van der Waals surface area contributed by atoms with Crippen LogP contribution in [0.5, 0.6) is 0 Å². The van der Waals surface area contributed by atoms with E-state index in [0.29, 0.717) is 0 Å². The molecule has 0 amide bonds. The van der Waals surface area contributed by atoms with Crippen molar-refractivity contribution in [3.05, 3.63) is 0 Å². The Hall–Kier alpha value is -0.410. The van der Waals surface area contributed by atoms with Gasteiger partial charge >= 0.3 is 29.6 Å². The van der Waals surface area contributed by atoms with Gasteiger partial charge in [0.25, 0.3) is 0 Å². The van der Waals surface area contributed by atoms with E-state index >= 15 is 0 Å². The Labute approximate surface area is 125 Å². The molecule has 0 rings (SSSR count). The first kappa shape index (κ1) is 21.9. The summed E-state index contributed by atoms with van der Waals surface area (Å²) in [6.07, 6.45) is -8.00. The fraction of sp³-hybridized carbons (Fsp3) is 0.800. The Balaban J connectivity index is 0. The number of alkyl halides is 7. The van der Waals surface area contributed by atoms with E-state index in [4.69, 9.17) is 4.79 Å². The third-order valence-corrected chi connectivity index (χ3v) is 2.31. The molecule has 0 saturated heterocycles. The van der Waals surface area contributed by atoms with Crippen LogP contribution in [0.1, 0.15) is 27.2 Å². The Morgan fingerprint density at radius 2 is 1.15 bits per heavy atom. The predicted octanol–water partition coefficient (Wildman–Crippen LogP) is 3.34. The van der Waals surface area contributed by atoms with Crippen molar-refractivity contribution in [2.24, 2.45) is 5.41 Å². The molecule has 0 heterocycles. The number of hydrogen-bond donors (Lipinski definition) is 0. The molecular weight excluding hydrogens is 393 g/mol. The van der Waals surface area contributed by atoms with Crippen molar-refractivity contribution >= 4 is 11.6 Å². The van der Waals surface area contributed by atoms with Gasteiger partial charge in [0.05, 0.1) is 5.41 Å². The number of halogens is 7. The first-order valence-electron chi connectivity index (χ1n) is 4.98. The van der Waals surface area contributed by atoms with E-state index < -0.39 is 41.4 Å². The van der Waals surface area contributed by atoms with Gasteiger partial charge < -0.3 is 0 Å². The maximum absolute atomic E-state index is 13.0. The summed E-state index contributed by atoms with van der Waals surface area (Å²) in [4.78, 5) is 18.1. The fourth-order valence-electron chi connectivity index (χ4n) is 0.894. The zero-order valence-electron chi connectivity index (χ0n) is 10.5. The van der Waals surface area contributed by atoms with Crippen LogP contribution in [0.15, 0.2) is 0 Å². The molecule has 0 saturated carbocycles. The van der Waals surface area contributed by atoms with Crippen LogP contribution in [0, 0.1) is 5.41 Å². The van der Waals surface area contributed by atoms with E-state index in [9.17, 15) is 35.5 Å². The maximum atomic E-state index is 13.0. The van der Waals surface area contributed by atoms with Gasteiger partial charge in [0.15, 0.2) is 6.42 Å². The molecule has 2 N–H and O–H groups in total. The monoisotopic (exact) mass is 405 g/mol. The third-order valence-electron chi connectivity index (χ3n) is 2.31. The number of ketones is 2. The molecule has 0 unspecified atom stereocenters. The van der Waals surface area contributed by atoms with Crippen LogP contribution in [0.2, 0.25) is 0 Å². The summed E-state index contributed by atoms with van der Waals surface area (Å²) >= 11 is 0. The number of rotatable bonds is 4. The second-order valence-electron chi connectivity index (χ2n) is 4.97. The summed E-state index contributed by atoms with van der Waals surface area (Å²) in [6.45, 7) is 3.90. The topological polar surface area (TPSA) is 42.8 Å². The Morgan fingerprint density at radius 3 is 1.40 bits per heavy atom. The molecule has 1 radical (unpaired) electrons. The van der Waals surface area contributed by atoms with Gasteiger partial charge in [-0.2, -0.15) is 30.7 Å². The van der Waals surface area contributed by atoms with Gasteiger partial charge in [-0.15, -0.1) is 0 Å². The summed E-state index contributed by atoms with van der Waals surface area (Å²) in [5.41, 5.74) is -1.16. The first-order chi connectivity index (χ1) is 8.05. The summed E-state index contributed by atoms with van der Waals surface area (Å²) in [5, 5.41) is 0. The normalized spacial score (nSPS) is 13.7. The third kappa shape index (κ3) is 4.29. The SMILES string of the molecule is CC(C)(C)C(=[OH+])CC(=[OH+])C(F)(F)C(F)(F)C(F)(F)F.[Ag]. The molecule has 123 valence electrons. The Morgan fingerprint density at radius 1 is 0.800 bits per heavy atom. The zero-order chi connectivity index (χ0) is 15.9. The van der Waals surface area contributed by atoms with Crippen LogP contribution in [0.4, 0.5) is 30.7 Å². The van der Waals surface area contributed by atoms with E-state index in [1.54, 1.807) is 0 Å². The molecule has 0 aromatic rings. The quantitative estimate of drug-likeness (QED) is 0.298. The van der Waals surface area contributed by atoms with Crippen LogP contribution in [0.3, 0.4) is 0 Å². The fourth-order valence-corrected chi connectivity index (χ4v) is 0.894. The summed E-state index contributed by atoms with van der Waals surface area (Å²) in [6, 6.07) is 0. The molecular formula is C10H13AgF7O2+2. The van der Waals surface area contributed by atoms with Gasteiger partial charge in [-0.1, -0.05) is 0 Å². The molecule has 0 aliphatic heterocycles. The van der Waals surface area contributed by atoms with Crippen molar-refractivity contribution in [1.82, 2.24) is 0 Å². The molecule has 0 aromatic heterocycles.